The molecule has 0 spiro atoms. The molecule has 0 aliphatic rings. The zero-order chi connectivity index (χ0) is 14.1. The van der Waals surface area contributed by atoms with E-state index >= 15 is 0 Å². The number of aryl methyl sites for hydroxylation is 1. The fraction of sp³-hybridized carbons (Fsp3) is 0.200. The van der Waals surface area contributed by atoms with E-state index in [-0.39, 0.29) is 0 Å². The predicted molar refractivity (Wildman–Crippen MR) is 83.4 cm³/mol. The fourth-order valence-electron chi connectivity index (χ4n) is 2.15. The van der Waals surface area contributed by atoms with Crippen LogP contribution in [0, 0.1) is 0 Å². The first-order valence-electron chi connectivity index (χ1n) is 6.56. The lowest BCUT2D eigenvalue weighted by Crippen LogP contribution is -1.98. The minimum atomic E-state index is 0.393. The van der Waals surface area contributed by atoms with E-state index in [1.54, 1.807) is 4.52 Å². The monoisotopic (exact) mass is 330 g/mol. The Balaban J connectivity index is 2.09. The highest BCUT2D eigenvalue weighted by atomic mass is 79.9. The third kappa shape index (κ3) is 2.23. The molecule has 0 saturated heterocycles. The second kappa shape index (κ2) is 5.34. The van der Waals surface area contributed by atoms with Crippen LogP contribution in [0.2, 0.25) is 0 Å². The van der Waals surface area contributed by atoms with Crippen molar-refractivity contribution in [3.63, 3.8) is 0 Å². The summed E-state index contributed by atoms with van der Waals surface area (Å²) in [5, 5.41) is 4.62. The highest BCUT2D eigenvalue weighted by Gasteiger charge is 2.10. The summed E-state index contributed by atoms with van der Waals surface area (Å²) >= 11 is 3.50. The Morgan fingerprint density at radius 1 is 1.15 bits per heavy atom. The highest BCUT2D eigenvalue weighted by molar-refractivity contribution is 9.10. The number of fused-ring (bicyclic) bond motifs is 1. The first-order valence-corrected chi connectivity index (χ1v) is 7.35. The van der Waals surface area contributed by atoms with Crippen LogP contribution < -0.4 is 5.73 Å². The lowest BCUT2D eigenvalue weighted by molar-refractivity contribution is 0.909. The Hall–Kier alpha value is -1.72. The maximum atomic E-state index is 5.66. The van der Waals surface area contributed by atoms with Crippen molar-refractivity contribution in [3.05, 3.63) is 52.3 Å². The van der Waals surface area contributed by atoms with E-state index in [2.05, 4.69) is 57.2 Å². The molecule has 0 aliphatic carbocycles. The van der Waals surface area contributed by atoms with E-state index in [0.29, 0.717) is 6.54 Å². The van der Waals surface area contributed by atoms with Gasteiger partial charge in [0.05, 0.1) is 11.4 Å². The number of hydrogen-bond donors (Lipinski definition) is 1. The van der Waals surface area contributed by atoms with Crippen LogP contribution in [-0.2, 0) is 13.0 Å². The van der Waals surface area contributed by atoms with Crippen LogP contribution in [0.4, 0.5) is 0 Å². The lowest BCUT2D eigenvalue weighted by atomic mass is 10.1. The molecular weight excluding hydrogens is 316 g/mol. The van der Waals surface area contributed by atoms with Crippen LogP contribution in [0.5, 0.6) is 0 Å². The van der Waals surface area contributed by atoms with Crippen molar-refractivity contribution in [2.75, 3.05) is 0 Å². The maximum absolute atomic E-state index is 5.66. The van der Waals surface area contributed by atoms with Gasteiger partial charge in [-0.3, -0.25) is 0 Å². The molecule has 0 fully saturated rings. The summed E-state index contributed by atoms with van der Waals surface area (Å²) in [5.74, 6) is 0. The van der Waals surface area contributed by atoms with Crippen molar-refractivity contribution in [1.82, 2.24) is 14.6 Å². The number of nitrogens with zero attached hydrogens (tertiary/aromatic N) is 3. The summed E-state index contributed by atoms with van der Waals surface area (Å²) in [6.07, 6.45) is 1.04. The third-order valence-electron chi connectivity index (χ3n) is 3.34. The molecule has 2 N–H and O–H groups in total. The zero-order valence-electron chi connectivity index (χ0n) is 11.2. The molecule has 3 rings (SSSR count). The molecule has 102 valence electrons. The van der Waals surface area contributed by atoms with Crippen LogP contribution in [-0.4, -0.2) is 14.6 Å². The van der Waals surface area contributed by atoms with Gasteiger partial charge in [0.25, 0.3) is 0 Å². The maximum Gasteiger partial charge on any atom is 0.155 e. The van der Waals surface area contributed by atoms with Crippen molar-refractivity contribution in [1.29, 1.82) is 0 Å². The van der Waals surface area contributed by atoms with Crippen LogP contribution in [0.15, 0.2) is 41.0 Å². The molecular formula is C15H15BrN4. The van der Waals surface area contributed by atoms with Gasteiger partial charge in [-0.05, 0) is 40.0 Å². The molecule has 20 heavy (non-hydrogen) atoms. The van der Waals surface area contributed by atoms with Crippen molar-refractivity contribution in [3.8, 4) is 11.3 Å². The topological polar surface area (TPSA) is 56.2 Å². The van der Waals surface area contributed by atoms with Gasteiger partial charge in [-0.2, -0.15) is 5.10 Å². The van der Waals surface area contributed by atoms with Gasteiger partial charge in [0, 0.05) is 12.1 Å². The SMILES string of the molecule is CCc1ccc(-c2ccc3nc(CN)c(Br)n3n2)cc1. The number of halogens is 1. The van der Waals surface area contributed by atoms with Crippen molar-refractivity contribution in [2.45, 2.75) is 19.9 Å². The summed E-state index contributed by atoms with van der Waals surface area (Å²) in [4.78, 5) is 4.42. The van der Waals surface area contributed by atoms with Gasteiger partial charge in [0.15, 0.2) is 5.65 Å². The summed E-state index contributed by atoms with van der Waals surface area (Å²) in [7, 11) is 0. The molecule has 2 heterocycles. The molecule has 0 amide bonds. The normalized spacial score (nSPS) is 11.2. The Bertz CT molecular complexity index is 746. The Morgan fingerprint density at radius 2 is 1.90 bits per heavy atom. The number of rotatable bonds is 3. The lowest BCUT2D eigenvalue weighted by Gasteiger charge is -2.03. The van der Waals surface area contributed by atoms with E-state index < -0.39 is 0 Å². The van der Waals surface area contributed by atoms with Crippen LogP contribution >= 0.6 is 15.9 Å². The standard InChI is InChI=1S/C15H15BrN4/c1-2-10-3-5-11(6-4-10)12-7-8-14-18-13(9-17)15(16)20(14)19-12/h3-8H,2,9,17H2,1H3. The highest BCUT2D eigenvalue weighted by Crippen LogP contribution is 2.22. The molecule has 4 nitrogen and oxygen atoms in total. The summed E-state index contributed by atoms with van der Waals surface area (Å²) in [5.41, 5.74) is 10.6. The van der Waals surface area contributed by atoms with Gasteiger partial charge in [-0.15, -0.1) is 0 Å². The number of benzene rings is 1. The van der Waals surface area contributed by atoms with Gasteiger partial charge in [-0.1, -0.05) is 31.2 Å². The van der Waals surface area contributed by atoms with Gasteiger partial charge in [0.2, 0.25) is 0 Å². The largest absolute Gasteiger partial charge is 0.325 e. The molecule has 3 aromatic rings. The van der Waals surface area contributed by atoms with E-state index in [4.69, 9.17) is 5.73 Å². The van der Waals surface area contributed by atoms with E-state index in [1.807, 2.05) is 12.1 Å². The quantitative estimate of drug-likeness (QED) is 0.802. The summed E-state index contributed by atoms with van der Waals surface area (Å²) in [6, 6.07) is 12.4. The number of imidazole rings is 1. The molecule has 0 unspecified atom stereocenters. The van der Waals surface area contributed by atoms with Crippen LogP contribution in [0.25, 0.3) is 16.9 Å². The number of nitrogens with two attached hydrogens (primary N) is 1. The molecule has 0 aliphatic heterocycles. The van der Waals surface area contributed by atoms with Crippen molar-refractivity contribution in [2.24, 2.45) is 5.73 Å². The number of aromatic nitrogens is 3. The Labute approximate surface area is 125 Å². The third-order valence-corrected chi connectivity index (χ3v) is 4.13. The minimum Gasteiger partial charge on any atom is -0.325 e. The number of hydrogen-bond acceptors (Lipinski definition) is 3. The van der Waals surface area contributed by atoms with Crippen LogP contribution in [0.3, 0.4) is 0 Å². The van der Waals surface area contributed by atoms with Gasteiger partial charge in [-0.25, -0.2) is 9.50 Å². The Kier molecular flexibility index (Phi) is 3.54. The fourth-order valence-corrected chi connectivity index (χ4v) is 2.66. The summed E-state index contributed by atoms with van der Waals surface area (Å²) < 4.78 is 2.60. The average Bonchev–Trinajstić information content (AvgIpc) is 2.83. The Morgan fingerprint density at radius 3 is 2.55 bits per heavy atom. The second-order valence-electron chi connectivity index (χ2n) is 4.59. The molecule has 0 atom stereocenters. The van der Waals surface area contributed by atoms with Crippen LogP contribution in [0.1, 0.15) is 18.2 Å². The smallest absolute Gasteiger partial charge is 0.155 e. The first-order chi connectivity index (χ1) is 9.72. The van der Waals surface area contributed by atoms with Gasteiger partial charge in [0.1, 0.15) is 4.60 Å². The molecule has 0 saturated carbocycles. The first kappa shape index (κ1) is 13.3. The predicted octanol–water partition coefficient (Wildman–Crippen LogP) is 3.18. The molecule has 1 aromatic carbocycles. The molecule has 0 radical (unpaired) electrons. The van der Waals surface area contributed by atoms with E-state index in [9.17, 15) is 0 Å². The van der Waals surface area contributed by atoms with E-state index in [0.717, 1.165) is 33.6 Å². The average molecular weight is 331 g/mol. The van der Waals surface area contributed by atoms with Crippen molar-refractivity contribution >= 4 is 21.6 Å². The second-order valence-corrected chi connectivity index (χ2v) is 5.34. The zero-order valence-corrected chi connectivity index (χ0v) is 12.8. The van der Waals surface area contributed by atoms with Gasteiger partial charge >= 0.3 is 0 Å². The molecule has 2 aromatic heterocycles. The van der Waals surface area contributed by atoms with Gasteiger partial charge < -0.3 is 5.73 Å². The molecule has 0 bridgehead atoms. The molecule has 5 heteroatoms. The van der Waals surface area contributed by atoms with E-state index in [1.165, 1.54) is 5.56 Å². The van der Waals surface area contributed by atoms with Crippen molar-refractivity contribution < 1.29 is 0 Å². The minimum absolute atomic E-state index is 0.393. The summed E-state index contributed by atoms with van der Waals surface area (Å²) in [6.45, 7) is 2.54.